The van der Waals surface area contributed by atoms with Crippen molar-refractivity contribution >= 4 is 17.7 Å². The topological polar surface area (TPSA) is 68.3 Å². The van der Waals surface area contributed by atoms with Crippen LogP contribution in [0.5, 0.6) is 0 Å². The molecule has 0 saturated heterocycles. The van der Waals surface area contributed by atoms with E-state index < -0.39 is 0 Å². The van der Waals surface area contributed by atoms with E-state index in [0.717, 1.165) is 12.0 Å². The van der Waals surface area contributed by atoms with Crippen molar-refractivity contribution in [1.82, 2.24) is 5.32 Å². The third kappa shape index (κ3) is 4.15. The zero-order chi connectivity index (χ0) is 14.2. The average molecular weight is 290 g/mol. The lowest BCUT2D eigenvalue weighted by atomic mass is 10.2. The Kier molecular flexibility index (Phi) is 5.70. The summed E-state index contributed by atoms with van der Waals surface area (Å²) in [5.41, 5.74) is 6.30. The highest BCUT2D eigenvalue weighted by molar-refractivity contribution is 7.98. The highest BCUT2D eigenvalue weighted by atomic mass is 32.2. The highest BCUT2D eigenvalue weighted by Gasteiger charge is 2.14. The lowest BCUT2D eigenvalue weighted by Crippen LogP contribution is -2.26. The molecule has 0 fully saturated rings. The van der Waals surface area contributed by atoms with Gasteiger partial charge in [0.15, 0.2) is 5.76 Å². The molecule has 3 N–H and O–H groups in total. The van der Waals surface area contributed by atoms with Crippen LogP contribution in [0, 0.1) is 0 Å². The monoisotopic (exact) mass is 290 g/mol. The molecule has 0 aliphatic carbocycles. The van der Waals surface area contributed by atoms with Crippen molar-refractivity contribution in [1.29, 1.82) is 0 Å². The number of nitrogens with one attached hydrogen (secondary N) is 1. The molecule has 0 aliphatic heterocycles. The predicted molar refractivity (Wildman–Crippen MR) is 80.7 cm³/mol. The molecule has 0 aliphatic rings. The number of nitrogens with two attached hydrogens (primary N) is 1. The van der Waals surface area contributed by atoms with Crippen LogP contribution in [0.2, 0.25) is 0 Å². The summed E-state index contributed by atoms with van der Waals surface area (Å²) in [5, 5.41) is 2.80. The molecule has 0 unspecified atom stereocenters. The Morgan fingerprint density at radius 2 is 2.05 bits per heavy atom. The van der Waals surface area contributed by atoms with Crippen molar-refractivity contribution in [2.45, 2.75) is 17.1 Å². The second-order valence-corrected chi connectivity index (χ2v) is 5.32. The summed E-state index contributed by atoms with van der Waals surface area (Å²) in [5.74, 6) is 0.928. The Morgan fingerprint density at radius 3 is 2.80 bits per heavy atom. The first-order valence-corrected chi connectivity index (χ1v) is 7.52. The number of benzene rings is 1. The second-order valence-electron chi connectivity index (χ2n) is 4.27. The van der Waals surface area contributed by atoms with Gasteiger partial charge in [0.1, 0.15) is 0 Å². The van der Waals surface area contributed by atoms with Gasteiger partial charge in [-0.2, -0.15) is 0 Å². The van der Waals surface area contributed by atoms with E-state index in [2.05, 4.69) is 5.32 Å². The Labute approximate surface area is 122 Å². The number of amides is 1. The summed E-state index contributed by atoms with van der Waals surface area (Å²) in [4.78, 5) is 13.1. The van der Waals surface area contributed by atoms with Crippen LogP contribution in [-0.4, -0.2) is 19.0 Å². The van der Waals surface area contributed by atoms with Gasteiger partial charge in [-0.3, -0.25) is 4.79 Å². The van der Waals surface area contributed by atoms with Gasteiger partial charge in [-0.05, 0) is 31.2 Å². The van der Waals surface area contributed by atoms with Gasteiger partial charge in [-0.15, -0.1) is 11.8 Å². The number of rotatable bonds is 7. The number of hydrogen-bond acceptors (Lipinski definition) is 4. The summed E-state index contributed by atoms with van der Waals surface area (Å²) < 4.78 is 5.29. The molecule has 2 rings (SSSR count). The van der Waals surface area contributed by atoms with Crippen LogP contribution in [0.3, 0.4) is 0 Å². The molecule has 0 radical (unpaired) electrons. The van der Waals surface area contributed by atoms with E-state index in [1.54, 1.807) is 18.0 Å². The molecule has 5 heteroatoms. The maximum absolute atomic E-state index is 12.0. The molecule has 1 heterocycles. The summed E-state index contributed by atoms with van der Waals surface area (Å²) in [6.45, 7) is 1.14. The summed E-state index contributed by atoms with van der Waals surface area (Å²) in [7, 11) is 0. The molecular weight excluding hydrogens is 272 g/mol. The third-order valence-corrected chi connectivity index (χ3v) is 3.82. The zero-order valence-corrected chi connectivity index (χ0v) is 12.0. The van der Waals surface area contributed by atoms with Gasteiger partial charge < -0.3 is 15.5 Å². The van der Waals surface area contributed by atoms with Crippen LogP contribution in [0.1, 0.15) is 22.5 Å². The van der Waals surface area contributed by atoms with E-state index >= 15 is 0 Å². The highest BCUT2D eigenvalue weighted by Crippen LogP contribution is 2.24. The predicted octanol–water partition coefficient (Wildman–Crippen LogP) is 2.65. The van der Waals surface area contributed by atoms with Gasteiger partial charge in [0.2, 0.25) is 0 Å². The Morgan fingerprint density at radius 1 is 1.25 bits per heavy atom. The van der Waals surface area contributed by atoms with Crippen LogP contribution < -0.4 is 11.1 Å². The number of thioether (sulfide) groups is 1. The maximum atomic E-state index is 12.0. The summed E-state index contributed by atoms with van der Waals surface area (Å²) >= 11 is 1.68. The van der Waals surface area contributed by atoms with Crippen molar-refractivity contribution in [2.24, 2.45) is 5.73 Å². The Hall–Kier alpha value is -1.72. The van der Waals surface area contributed by atoms with E-state index in [1.807, 2.05) is 36.4 Å². The van der Waals surface area contributed by atoms with Gasteiger partial charge in [0.25, 0.3) is 5.91 Å². The van der Waals surface area contributed by atoms with E-state index in [1.165, 1.54) is 4.90 Å². The minimum Gasteiger partial charge on any atom is -0.459 e. The SMILES string of the molecule is NCCCNC(=O)c1occc1CSc1ccccc1. The third-order valence-electron chi connectivity index (χ3n) is 2.76. The number of furan rings is 1. The van der Waals surface area contributed by atoms with Crippen LogP contribution in [-0.2, 0) is 5.75 Å². The molecule has 4 nitrogen and oxygen atoms in total. The fourth-order valence-corrected chi connectivity index (χ4v) is 2.61. The van der Waals surface area contributed by atoms with Gasteiger partial charge in [0.05, 0.1) is 6.26 Å². The molecular formula is C15H18N2O2S. The second kappa shape index (κ2) is 7.77. The molecule has 1 aromatic heterocycles. The van der Waals surface area contributed by atoms with Gasteiger partial charge >= 0.3 is 0 Å². The van der Waals surface area contributed by atoms with E-state index in [9.17, 15) is 4.79 Å². The first-order valence-electron chi connectivity index (χ1n) is 6.53. The van der Waals surface area contributed by atoms with Crippen LogP contribution in [0.15, 0.2) is 52.0 Å². The van der Waals surface area contributed by atoms with E-state index in [-0.39, 0.29) is 5.91 Å². The quantitative estimate of drug-likeness (QED) is 0.607. The lowest BCUT2D eigenvalue weighted by Gasteiger charge is -2.04. The minimum absolute atomic E-state index is 0.174. The average Bonchev–Trinajstić information content (AvgIpc) is 2.95. The molecule has 0 spiro atoms. The summed E-state index contributed by atoms with van der Waals surface area (Å²) in [6.07, 6.45) is 2.32. The maximum Gasteiger partial charge on any atom is 0.287 e. The molecule has 106 valence electrons. The standard InChI is InChI=1S/C15H18N2O2S/c16-8-4-9-17-15(18)14-12(7-10-19-14)11-20-13-5-2-1-3-6-13/h1-3,5-7,10H,4,8-9,11,16H2,(H,17,18). The molecule has 20 heavy (non-hydrogen) atoms. The van der Waals surface area contributed by atoms with Crippen molar-refractivity contribution in [2.75, 3.05) is 13.1 Å². The van der Waals surface area contributed by atoms with Gasteiger partial charge in [-0.25, -0.2) is 0 Å². The van der Waals surface area contributed by atoms with Crippen molar-refractivity contribution in [3.05, 3.63) is 54.0 Å². The van der Waals surface area contributed by atoms with Crippen molar-refractivity contribution < 1.29 is 9.21 Å². The fourth-order valence-electron chi connectivity index (χ4n) is 1.71. The van der Waals surface area contributed by atoms with Crippen molar-refractivity contribution in [3.63, 3.8) is 0 Å². The lowest BCUT2D eigenvalue weighted by molar-refractivity contribution is 0.0925. The fraction of sp³-hybridized carbons (Fsp3) is 0.267. The molecule has 1 amide bonds. The Balaban J connectivity index is 1.93. The number of hydrogen-bond donors (Lipinski definition) is 2. The van der Waals surface area contributed by atoms with Gasteiger partial charge in [0, 0.05) is 22.8 Å². The van der Waals surface area contributed by atoms with Crippen LogP contribution in [0.4, 0.5) is 0 Å². The van der Waals surface area contributed by atoms with E-state index in [0.29, 0.717) is 24.6 Å². The van der Waals surface area contributed by atoms with E-state index in [4.69, 9.17) is 10.2 Å². The number of carbonyl (C=O) groups excluding carboxylic acids is 1. The molecule has 0 atom stereocenters. The zero-order valence-electron chi connectivity index (χ0n) is 11.2. The van der Waals surface area contributed by atoms with Crippen molar-refractivity contribution in [3.8, 4) is 0 Å². The summed E-state index contributed by atoms with van der Waals surface area (Å²) in [6, 6.07) is 11.9. The molecule has 2 aromatic rings. The smallest absolute Gasteiger partial charge is 0.287 e. The first-order chi connectivity index (χ1) is 9.81. The first kappa shape index (κ1) is 14.7. The minimum atomic E-state index is -0.174. The molecule has 0 bridgehead atoms. The largest absolute Gasteiger partial charge is 0.459 e. The number of carbonyl (C=O) groups is 1. The molecule has 1 aromatic carbocycles. The van der Waals surface area contributed by atoms with Gasteiger partial charge in [-0.1, -0.05) is 18.2 Å². The molecule has 0 saturated carbocycles. The van der Waals surface area contributed by atoms with Crippen LogP contribution >= 0.6 is 11.8 Å². The van der Waals surface area contributed by atoms with Crippen LogP contribution in [0.25, 0.3) is 0 Å². The Bertz CT molecular complexity index is 540. The normalized spacial score (nSPS) is 10.4.